The number of fused-ring (bicyclic) bond motifs is 1. The number of halogens is 2. The van der Waals surface area contributed by atoms with Gasteiger partial charge in [-0.2, -0.15) is 8.78 Å². The Balaban J connectivity index is 1.86. The molecule has 0 bridgehead atoms. The van der Waals surface area contributed by atoms with Crippen molar-refractivity contribution in [3.63, 3.8) is 0 Å². The van der Waals surface area contributed by atoms with Gasteiger partial charge in [-0.15, -0.1) is 0 Å². The van der Waals surface area contributed by atoms with E-state index >= 15 is 0 Å². The summed E-state index contributed by atoms with van der Waals surface area (Å²) >= 11 is -2.59. The lowest BCUT2D eigenvalue weighted by molar-refractivity contribution is 0.0360. The largest absolute Gasteiger partial charge is 0.755 e. The maximum Gasteiger partial charge on any atom is 0.404 e. The van der Waals surface area contributed by atoms with Crippen molar-refractivity contribution in [1.29, 1.82) is 0 Å². The molecule has 0 radical (unpaired) electrons. The van der Waals surface area contributed by atoms with Crippen LogP contribution in [0.4, 0.5) is 14.5 Å². The highest BCUT2D eigenvalue weighted by Gasteiger charge is 2.54. The zero-order valence-corrected chi connectivity index (χ0v) is 19.3. The van der Waals surface area contributed by atoms with Crippen LogP contribution < -0.4 is 4.31 Å². The maximum atomic E-state index is 14.9. The molecule has 0 aliphatic carbocycles. The van der Waals surface area contributed by atoms with E-state index in [2.05, 4.69) is 0 Å². The molecule has 0 aromatic heterocycles. The molecule has 0 heterocycles. The average molecular weight is 482 g/mol. The molecule has 0 N–H and O–H groups in total. The Hall–Kier alpha value is -2.16. The molecular formula is C22H23F2NO5PS-. The van der Waals surface area contributed by atoms with E-state index in [9.17, 15) is 22.1 Å². The number of rotatable bonds is 10. The fourth-order valence-electron chi connectivity index (χ4n) is 3.24. The second kappa shape index (κ2) is 10.2. The molecule has 0 saturated heterocycles. The Morgan fingerprint density at radius 2 is 1.56 bits per heavy atom. The summed E-state index contributed by atoms with van der Waals surface area (Å²) in [6, 6.07) is 17.7. The Morgan fingerprint density at radius 3 is 2.12 bits per heavy atom. The normalized spacial score (nSPS) is 13.3. The van der Waals surface area contributed by atoms with Gasteiger partial charge in [-0.05, 0) is 42.3 Å². The fourth-order valence-corrected chi connectivity index (χ4v) is 5.32. The molecule has 0 amide bonds. The molecule has 3 aromatic carbocycles. The lowest BCUT2D eigenvalue weighted by Crippen LogP contribution is -2.25. The minimum absolute atomic E-state index is 0.0606. The van der Waals surface area contributed by atoms with Gasteiger partial charge in [-0.25, -0.2) is 0 Å². The molecule has 10 heteroatoms. The van der Waals surface area contributed by atoms with E-state index < -0.39 is 30.1 Å². The molecule has 172 valence electrons. The molecule has 6 nitrogen and oxygen atoms in total. The lowest BCUT2D eigenvalue weighted by atomic mass is 10.1. The van der Waals surface area contributed by atoms with Gasteiger partial charge in [0, 0.05) is 22.5 Å². The van der Waals surface area contributed by atoms with Crippen LogP contribution in [0.25, 0.3) is 10.8 Å². The molecule has 0 fully saturated rings. The summed E-state index contributed by atoms with van der Waals surface area (Å²) in [7, 11) is -4.72. The third-order valence-corrected chi connectivity index (χ3v) is 7.61. The molecular weight excluding hydrogens is 459 g/mol. The molecule has 3 rings (SSSR count). The molecule has 32 heavy (non-hydrogen) atoms. The number of alkyl halides is 2. The van der Waals surface area contributed by atoms with Crippen LogP contribution >= 0.6 is 7.60 Å². The third kappa shape index (κ3) is 5.08. The smallest absolute Gasteiger partial charge is 0.404 e. The zero-order valence-electron chi connectivity index (χ0n) is 17.6. The molecule has 0 aliphatic heterocycles. The highest BCUT2D eigenvalue weighted by atomic mass is 32.2. The molecule has 0 spiro atoms. The highest BCUT2D eigenvalue weighted by molar-refractivity contribution is 7.80. The second-order valence-electron chi connectivity index (χ2n) is 6.86. The minimum atomic E-state index is -4.72. The molecule has 0 saturated carbocycles. The maximum absolute atomic E-state index is 14.9. The van der Waals surface area contributed by atoms with Crippen molar-refractivity contribution in [3.8, 4) is 0 Å². The van der Waals surface area contributed by atoms with Crippen molar-refractivity contribution in [1.82, 2.24) is 0 Å². The van der Waals surface area contributed by atoms with Gasteiger partial charge in [0.2, 0.25) is 0 Å². The van der Waals surface area contributed by atoms with Crippen molar-refractivity contribution in [3.05, 3.63) is 77.9 Å². The van der Waals surface area contributed by atoms with Gasteiger partial charge in [-0.1, -0.05) is 54.6 Å². The number of nitrogens with zero attached hydrogens (tertiary/aromatic N) is 1. The van der Waals surface area contributed by atoms with Gasteiger partial charge < -0.3 is 13.6 Å². The summed E-state index contributed by atoms with van der Waals surface area (Å²) in [4.78, 5) is 0. The summed E-state index contributed by atoms with van der Waals surface area (Å²) in [5.41, 5.74) is -3.46. The predicted molar refractivity (Wildman–Crippen MR) is 120 cm³/mol. The van der Waals surface area contributed by atoms with Crippen LogP contribution in [0.5, 0.6) is 0 Å². The minimum Gasteiger partial charge on any atom is -0.755 e. The highest BCUT2D eigenvalue weighted by Crippen LogP contribution is 2.66. The number of anilines is 1. The van der Waals surface area contributed by atoms with E-state index in [0.29, 0.717) is 11.3 Å². The Kier molecular flexibility index (Phi) is 7.79. The summed E-state index contributed by atoms with van der Waals surface area (Å²) < 4.78 is 76.9. The second-order valence-corrected chi connectivity index (χ2v) is 9.80. The summed E-state index contributed by atoms with van der Waals surface area (Å²) in [6.07, 6.45) is 0. The van der Waals surface area contributed by atoms with Crippen LogP contribution in [-0.4, -0.2) is 22.0 Å². The Labute approximate surface area is 188 Å². The van der Waals surface area contributed by atoms with Crippen LogP contribution in [-0.2, 0) is 37.1 Å². The van der Waals surface area contributed by atoms with Gasteiger partial charge in [0.25, 0.3) is 0 Å². The standard InChI is InChI=1S/C22H24F2NO5PS/c1-3-29-31(26,30-4-2)22(23,24)20-12-9-17(10-13-20)16-25(32(27)28)21-14-11-18-7-5-6-8-19(18)15-21/h5-15H,3-4,16H2,1-2H3,(H,27,28)/p-1. The van der Waals surface area contributed by atoms with Gasteiger partial charge >= 0.3 is 13.3 Å². The van der Waals surface area contributed by atoms with Gasteiger partial charge in [-0.3, -0.25) is 13.1 Å². The fraction of sp³-hybridized carbons (Fsp3) is 0.273. The molecule has 3 aromatic rings. The van der Waals surface area contributed by atoms with Gasteiger partial charge in [0.15, 0.2) is 0 Å². The van der Waals surface area contributed by atoms with E-state index in [-0.39, 0.29) is 19.8 Å². The lowest BCUT2D eigenvalue weighted by Gasteiger charge is -2.28. The van der Waals surface area contributed by atoms with Gasteiger partial charge in [0.1, 0.15) is 0 Å². The van der Waals surface area contributed by atoms with E-state index in [1.54, 1.807) is 12.1 Å². The van der Waals surface area contributed by atoms with E-state index in [1.165, 1.54) is 26.0 Å². The van der Waals surface area contributed by atoms with Crippen molar-refractivity contribution >= 4 is 35.3 Å². The third-order valence-electron chi connectivity index (χ3n) is 4.77. The van der Waals surface area contributed by atoms with Crippen LogP contribution in [0, 0.1) is 0 Å². The number of hydrogen-bond donors (Lipinski definition) is 0. The molecule has 1 unspecified atom stereocenters. The first kappa shape index (κ1) is 24.5. The number of hydrogen-bond acceptors (Lipinski definition) is 5. The van der Waals surface area contributed by atoms with Crippen LogP contribution in [0.2, 0.25) is 0 Å². The first-order valence-electron chi connectivity index (χ1n) is 9.94. The quantitative estimate of drug-likeness (QED) is 0.263. The summed E-state index contributed by atoms with van der Waals surface area (Å²) in [5, 5.41) is 1.84. The molecule has 1 atom stereocenters. The van der Waals surface area contributed by atoms with Crippen LogP contribution in [0.1, 0.15) is 25.0 Å². The SMILES string of the molecule is CCOP(=O)(OCC)C(F)(F)c1ccc(CN(c2ccc3ccccc3c2)S(=O)[O-])cc1. The van der Waals surface area contributed by atoms with Crippen molar-refractivity contribution < 1.29 is 31.2 Å². The van der Waals surface area contributed by atoms with Crippen molar-refractivity contribution in [2.75, 3.05) is 17.5 Å². The van der Waals surface area contributed by atoms with Crippen LogP contribution in [0.3, 0.4) is 0 Å². The topological polar surface area (TPSA) is 78.9 Å². The van der Waals surface area contributed by atoms with E-state index in [4.69, 9.17) is 9.05 Å². The number of benzene rings is 3. The first-order chi connectivity index (χ1) is 15.2. The first-order valence-corrected chi connectivity index (χ1v) is 12.5. The zero-order chi connectivity index (χ0) is 23.4. The Morgan fingerprint density at radius 1 is 0.969 bits per heavy atom. The summed E-state index contributed by atoms with van der Waals surface area (Å²) in [5.74, 6) is 0. The van der Waals surface area contributed by atoms with Crippen molar-refractivity contribution in [2.24, 2.45) is 0 Å². The summed E-state index contributed by atoms with van der Waals surface area (Å²) in [6.45, 7) is 2.46. The van der Waals surface area contributed by atoms with E-state index in [1.807, 2.05) is 30.3 Å². The molecule has 0 aliphatic rings. The van der Waals surface area contributed by atoms with E-state index in [0.717, 1.165) is 27.2 Å². The predicted octanol–water partition coefficient (Wildman–Crippen LogP) is 5.96. The monoisotopic (exact) mass is 482 g/mol. The Bertz CT molecular complexity index is 1130. The van der Waals surface area contributed by atoms with Crippen LogP contribution in [0.15, 0.2) is 66.7 Å². The van der Waals surface area contributed by atoms with Gasteiger partial charge in [0.05, 0.1) is 19.8 Å². The average Bonchev–Trinajstić information content (AvgIpc) is 2.77. The van der Waals surface area contributed by atoms with Crippen molar-refractivity contribution in [2.45, 2.75) is 26.1 Å².